The predicted octanol–water partition coefficient (Wildman–Crippen LogP) is -0.582. The van der Waals surface area contributed by atoms with Gasteiger partial charge in [-0.3, -0.25) is 4.79 Å². The van der Waals surface area contributed by atoms with Crippen LogP contribution in [0, 0.1) is 0 Å². The van der Waals surface area contributed by atoms with Crippen LogP contribution in [0.4, 0.5) is 0 Å². The van der Waals surface area contributed by atoms with Gasteiger partial charge in [-0.1, -0.05) is 0 Å². The van der Waals surface area contributed by atoms with Crippen molar-refractivity contribution in [3.63, 3.8) is 0 Å². The van der Waals surface area contributed by atoms with Crippen LogP contribution in [-0.4, -0.2) is 44.3 Å². The van der Waals surface area contributed by atoms with Crippen molar-refractivity contribution >= 4 is 11.9 Å². The second kappa shape index (κ2) is 6.44. The third-order valence-electron chi connectivity index (χ3n) is 2.10. The fourth-order valence-corrected chi connectivity index (χ4v) is 1.08. The summed E-state index contributed by atoms with van der Waals surface area (Å²) in [6.45, 7) is 3.51. The minimum atomic E-state index is -1.07. The molecule has 0 aromatic rings. The van der Waals surface area contributed by atoms with Crippen molar-refractivity contribution in [1.29, 1.82) is 0 Å². The minimum Gasteiger partial charge on any atom is -0.467 e. The lowest BCUT2D eigenvalue weighted by Gasteiger charge is -2.24. The summed E-state index contributed by atoms with van der Waals surface area (Å²) in [5.74, 6) is -0.910. The summed E-state index contributed by atoms with van der Waals surface area (Å²) in [4.78, 5) is 22.9. The third-order valence-corrected chi connectivity index (χ3v) is 2.10. The highest BCUT2D eigenvalue weighted by molar-refractivity contribution is 5.89. The smallest absolute Gasteiger partial charge is 0.330 e. The summed E-state index contributed by atoms with van der Waals surface area (Å²) in [6, 6.07) is -0.691. The number of esters is 1. The molecule has 0 aliphatic carbocycles. The highest BCUT2D eigenvalue weighted by Gasteiger charge is 2.31. The van der Waals surface area contributed by atoms with E-state index in [2.05, 4.69) is 10.1 Å². The first-order valence-corrected chi connectivity index (χ1v) is 5.00. The van der Waals surface area contributed by atoms with Crippen LogP contribution >= 0.6 is 0 Å². The van der Waals surface area contributed by atoms with Crippen molar-refractivity contribution in [2.45, 2.75) is 31.8 Å². The summed E-state index contributed by atoms with van der Waals surface area (Å²) in [5.41, 5.74) is 4.54. The molecular formula is C10H20N2O4. The Balaban J connectivity index is 4.27. The molecule has 0 spiro atoms. The van der Waals surface area contributed by atoms with Crippen molar-refractivity contribution in [1.82, 2.24) is 5.32 Å². The molecular weight excluding hydrogens is 212 g/mol. The molecule has 0 saturated heterocycles. The van der Waals surface area contributed by atoms with E-state index in [-0.39, 0.29) is 0 Å². The van der Waals surface area contributed by atoms with Crippen LogP contribution in [0.15, 0.2) is 0 Å². The highest BCUT2D eigenvalue weighted by atomic mass is 16.5. The number of amides is 1. The zero-order chi connectivity index (χ0) is 12.8. The van der Waals surface area contributed by atoms with Crippen molar-refractivity contribution in [3.8, 4) is 0 Å². The van der Waals surface area contributed by atoms with Gasteiger partial charge in [-0.15, -0.1) is 0 Å². The van der Waals surface area contributed by atoms with Gasteiger partial charge in [-0.25, -0.2) is 4.79 Å². The van der Waals surface area contributed by atoms with Crippen molar-refractivity contribution in [2.75, 3.05) is 20.8 Å². The maximum Gasteiger partial charge on any atom is 0.330 e. The molecule has 0 heterocycles. The number of carbonyl (C=O) groups excluding carboxylic acids is 2. The molecule has 94 valence electrons. The van der Waals surface area contributed by atoms with E-state index < -0.39 is 23.5 Å². The van der Waals surface area contributed by atoms with E-state index in [1.165, 1.54) is 14.2 Å². The van der Waals surface area contributed by atoms with Gasteiger partial charge in [0.25, 0.3) is 0 Å². The average molecular weight is 232 g/mol. The molecule has 0 fully saturated rings. The Hall–Kier alpha value is -1.14. The monoisotopic (exact) mass is 232 g/mol. The zero-order valence-electron chi connectivity index (χ0n) is 10.2. The van der Waals surface area contributed by atoms with Crippen molar-refractivity contribution in [3.05, 3.63) is 0 Å². The quantitative estimate of drug-likeness (QED) is 0.598. The minimum absolute atomic E-state index is 0.396. The van der Waals surface area contributed by atoms with E-state index in [9.17, 15) is 9.59 Å². The van der Waals surface area contributed by atoms with Gasteiger partial charge in [0.05, 0.1) is 13.2 Å². The average Bonchev–Trinajstić information content (AvgIpc) is 2.23. The highest BCUT2D eigenvalue weighted by Crippen LogP contribution is 2.05. The normalized spacial score (nSPS) is 13.1. The van der Waals surface area contributed by atoms with Crippen LogP contribution in [-0.2, 0) is 19.1 Å². The number of carbonyl (C=O) groups is 2. The Kier molecular flexibility index (Phi) is 5.98. The Morgan fingerprint density at radius 1 is 1.38 bits per heavy atom. The Bertz CT molecular complexity index is 253. The van der Waals surface area contributed by atoms with E-state index in [4.69, 9.17) is 10.5 Å². The summed E-state index contributed by atoms with van der Waals surface area (Å²) >= 11 is 0. The third kappa shape index (κ3) is 4.59. The van der Waals surface area contributed by atoms with Crippen LogP contribution in [0.3, 0.4) is 0 Å². The molecule has 3 N–H and O–H groups in total. The first kappa shape index (κ1) is 14.9. The number of ether oxygens (including phenoxy) is 2. The van der Waals surface area contributed by atoms with E-state index in [1.807, 2.05) is 0 Å². The molecule has 6 nitrogen and oxygen atoms in total. The van der Waals surface area contributed by atoms with Gasteiger partial charge in [0, 0.05) is 13.7 Å². The molecule has 0 saturated carbocycles. The largest absolute Gasteiger partial charge is 0.467 e. The molecule has 0 aliphatic rings. The number of methoxy groups -OCH3 is 2. The molecule has 0 rings (SSSR count). The molecule has 0 aliphatic heterocycles. The van der Waals surface area contributed by atoms with E-state index in [0.717, 1.165) is 0 Å². The first-order valence-electron chi connectivity index (χ1n) is 5.00. The lowest BCUT2D eigenvalue weighted by molar-refractivity contribution is -0.149. The van der Waals surface area contributed by atoms with Gasteiger partial charge in [-0.2, -0.15) is 0 Å². The number of nitrogens with one attached hydrogen (secondary N) is 1. The lowest BCUT2D eigenvalue weighted by atomic mass is 10.0. The predicted molar refractivity (Wildman–Crippen MR) is 58.7 cm³/mol. The van der Waals surface area contributed by atoms with Gasteiger partial charge >= 0.3 is 5.97 Å². The first-order chi connectivity index (χ1) is 7.35. The van der Waals surface area contributed by atoms with Gasteiger partial charge in [0.1, 0.15) is 5.54 Å². The maximum absolute atomic E-state index is 11.6. The van der Waals surface area contributed by atoms with E-state index >= 15 is 0 Å². The Morgan fingerprint density at radius 3 is 2.38 bits per heavy atom. The van der Waals surface area contributed by atoms with E-state index in [0.29, 0.717) is 13.0 Å². The molecule has 0 radical (unpaired) electrons. The molecule has 1 atom stereocenters. The number of hydrogen-bond acceptors (Lipinski definition) is 5. The van der Waals surface area contributed by atoms with Crippen LogP contribution in [0.25, 0.3) is 0 Å². The van der Waals surface area contributed by atoms with Crippen molar-refractivity contribution < 1.29 is 19.1 Å². The number of rotatable bonds is 6. The summed E-state index contributed by atoms with van der Waals surface area (Å²) in [6.07, 6.45) is 0.402. The van der Waals surface area contributed by atoms with Crippen LogP contribution in [0.5, 0.6) is 0 Å². The molecule has 0 aromatic heterocycles. The van der Waals surface area contributed by atoms with Gasteiger partial charge in [0.15, 0.2) is 0 Å². The van der Waals surface area contributed by atoms with Crippen molar-refractivity contribution in [2.24, 2.45) is 5.73 Å². The standard InChI is InChI=1S/C10H20N2O4/c1-10(2,9(14)16-4)12-8(13)7(11)5-6-15-3/h7H,5-6,11H2,1-4H3,(H,12,13). The summed E-state index contributed by atoms with van der Waals surface area (Å²) in [5, 5.41) is 2.52. The summed E-state index contributed by atoms with van der Waals surface area (Å²) in [7, 11) is 2.80. The number of hydrogen-bond donors (Lipinski definition) is 2. The van der Waals surface area contributed by atoms with Gasteiger partial charge < -0.3 is 20.5 Å². The second-order valence-corrected chi connectivity index (χ2v) is 3.99. The van der Waals surface area contributed by atoms with Crippen LogP contribution < -0.4 is 11.1 Å². The molecule has 16 heavy (non-hydrogen) atoms. The molecule has 0 aromatic carbocycles. The molecule has 1 amide bonds. The lowest BCUT2D eigenvalue weighted by Crippen LogP contribution is -2.55. The maximum atomic E-state index is 11.6. The van der Waals surface area contributed by atoms with E-state index in [1.54, 1.807) is 13.8 Å². The Labute approximate surface area is 95.5 Å². The van der Waals surface area contributed by atoms with Crippen LogP contribution in [0.2, 0.25) is 0 Å². The fraction of sp³-hybridized carbons (Fsp3) is 0.800. The topological polar surface area (TPSA) is 90.6 Å². The number of nitrogens with two attached hydrogens (primary N) is 1. The summed E-state index contributed by atoms with van der Waals surface area (Å²) < 4.78 is 9.37. The molecule has 6 heteroatoms. The van der Waals surface area contributed by atoms with Crippen LogP contribution in [0.1, 0.15) is 20.3 Å². The molecule has 0 bridgehead atoms. The SMILES string of the molecule is COCCC(N)C(=O)NC(C)(C)C(=O)OC. The van der Waals surface area contributed by atoms with Gasteiger partial charge in [0.2, 0.25) is 5.91 Å². The van der Waals surface area contributed by atoms with Gasteiger partial charge in [-0.05, 0) is 20.3 Å². The second-order valence-electron chi connectivity index (χ2n) is 3.99. The molecule has 1 unspecified atom stereocenters. The Morgan fingerprint density at radius 2 is 1.94 bits per heavy atom. The fourth-order valence-electron chi connectivity index (χ4n) is 1.08. The zero-order valence-corrected chi connectivity index (χ0v) is 10.2.